The molecule has 0 aromatic heterocycles. The van der Waals surface area contributed by atoms with Crippen molar-refractivity contribution in [3.05, 3.63) is 53.1 Å². The van der Waals surface area contributed by atoms with Crippen molar-refractivity contribution in [2.45, 2.75) is 62.6 Å². The summed E-state index contributed by atoms with van der Waals surface area (Å²) >= 11 is 3.03. The van der Waals surface area contributed by atoms with Gasteiger partial charge < -0.3 is 31.1 Å². The van der Waals surface area contributed by atoms with Gasteiger partial charge in [0.25, 0.3) is 0 Å². The second-order valence-corrected chi connectivity index (χ2v) is 12.3. The molecule has 0 aliphatic heterocycles. The third-order valence-corrected chi connectivity index (χ3v) is 9.11. The van der Waals surface area contributed by atoms with E-state index in [1.54, 1.807) is 23.9 Å². The van der Waals surface area contributed by atoms with Gasteiger partial charge >= 0.3 is 11.9 Å². The minimum absolute atomic E-state index is 0.00566. The summed E-state index contributed by atoms with van der Waals surface area (Å²) in [5.41, 5.74) is 7.80. The molecule has 12 heteroatoms. The fourth-order valence-electron chi connectivity index (χ4n) is 4.26. The summed E-state index contributed by atoms with van der Waals surface area (Å²) < 4.78 is 5.94. The SMILES string of the molecule is CCCc1c(OCCCSc2ccc(C(SC[C@H](N)C(=O)NCC(=O)O)C(C)CC(=O)O)cc2)ccc(C(C)=O)c1O. The summed E-state index contributed by atoms with van der Waals surface area (Å²) in [7, 11) is 0. The first-order valence-corrected chi connectivity index (χ1v) is 15.8. The molecule has 2 unspecified atom stereocenters. The molecule has 42 heavy (non-hydrogen) atoms. The number of Topliss-reactive ketones (excluding diaryl/α,β-unsaturated/α-hetero) is 1. The van der Waals surface area contributed by atoms with Crippen LogP contribution in [0, 0.1) is 5.92 Å². The van der Waals surface area contributed by atoms with Crippen molar-refractivity contribution in [2.24, 2.45) is 11.7 Å². The van der Waals surface area contributed by atoms with Crippen molar-refractivity contribution in [3.8, 4) is 11.5 Å². The zero-order valence-corrected chi connectivity index (χ0v) is 25.8. The van der Waals surface area contributed by atoms with E-state index in [0.717, 1.165) is 29.1 Å². The second-order valence-electron chi connectivity index (χ2n) is 9.91. The van der Waals surface area contributed by atoms with Crippen LogP contribution in [0.15, 0.2) is 41.3 Å². The molecule has 1 amide bonds. The van der Waals surface area contributed by atoms with Gasteiger partial charge in [-0.1, -0.05) is 32.4 Å². The number of carboxylic acids is 2. The molecule has 0 saturated carbocycles. The number of carbonyl (C=O) groups excluding carboxylic acids is 2. The number of thioether (sulfide) groups is 2. The van der Waals surface area contributed by atoms with Crippen LogP contribution in [0.5, 0.6) is 11.5 Å². The molecular weight excluding hydrogens is 580 g/mol. The molecule has 0 radical (unpaired) electrons. The van der Waals surface area contributed by atoms with Crippen LogP contribution in [0.3, 0.4) is 0 Å². The number of carboxylic acid groups (broad SMARTS) is 2. The monoisotopic (exact) mass is 620 g/mol. The highest BCUT2D eigenvalue weighted by Gasteiger charge is 2.25. The number of benzene rings is 2. The van der Waals surface area contributed by atoms with Gasteiger partial charge in [-0.15, -0.1) is 11.8 Å². The van der Waals surface area contributed by atoms with E-state index in [9.17, 15) is 29.4 Å². The van der Waals surface area contributed by atoms with E-state index in [1.807, 2.05) is 38.1 Å². The number of carbonyl (C=O) groups is 4. The lowest BCUT2D eigenvalue weighted by atomic mass is 9.97. The zero-order valence-electron chi connectivity index (χ0n) is 24.1. The first-order chi connectivity index (χ1) is 19.9. The Balaban J connectivity index is 1.95. The summed E-state index contributed by atoms with van der Waals surface area (Å²) in [6.07, 6.45) is 2.12. The van der Waals surface area contributed by atoms with E-state index in [2.05, 4.69) is 5.32 Å². The molecule has 0 aliphatic rings. The average Bonchev–Trinajstić information content (AvgIpc) is 2.93. The molecule has 230 valence electrons. The van der Waals surface area contributed by atoms with Crippen LogP contribution in [0.4, 0.5) is 0 Å². The predicted octanol–water partition coefficient (Wildman–Crippen LogP) is 4.52. The van der Waals surface area contributed by atoms with Gasteiger partial charge in [-0.25, -0.2) is 0 Å². The zero-order chi connectivity index (χ0) is 31.2. The summed E-state index contributed by atoms with van der Waals surface area (Å²) in [6, 6.07) is 10.2. The molecule has 10 nitrogen and oxygen atoms in total. The van der Waals surface area contributed by atoms with Crippen LogP contribution in [-0.4, -0.2) is 69.6 Å². The van der Waals surface area contributed by atoms with Crippen LogP contribution in [0.1, 0.15) is 66.8 Å². The highest BCUT2D eigenvalue weighted by atomic mass is 32.2. The van der Waals surface area contributed by atoms with Crippen LogP contribution in [0.2, 0.25) is 0 Å². The van der Waals surface area contributed by atoms with E-state index < -0.39 is 30.4 Å². The summed E-state index contributed by atoms with van der Waals surface area (Å²) in [4.78, 5) is 46.9. The Morgan fingerprint density at radius 1 is 1.05 bits per heavy atom. The van der Waals surface area contributed by atoms with Crippen molar-refractivity contribution in [1.29, 1.82) is 0 Å². The molecule has 0 saturated heterocycles. The maximum Gasteiger partial charge on any atom is 0.322 e. The molecule has 2 aromatic rings. The van der Waals surface area contributed by atoms with Crippen LogP contribution >= 0.6 is 23.5 Å². The topological polar surface area (TPSA) is 176 Å². The number of aromatic hydroxyl groups is 1. The number of hydrogen-bond acceptors (Lipinski definition) is 9. The Morgan fingerprint density at radius 3 is 2.33 bits per heavy atom. The Kier molecular flexibility index (Phi) is 14.7. The molecule has 6 N–H and O–H groups in total. The van der Waals surface area contributed by atoms with Crippen LogP contribution in [-0.2, 0) is 20.8 Å². The largest absolute Gasteiger partial charge is 0.507 e. The van der Waals surface area contributed by atoms with Gasteiger partial charge in [-0.05, 0) is 55.5 Å². The van der Waals surface area contributed by atoms with E-state index in [-0.39, 0.29) is 34.9 Å². The number of phenols is 1. The quantitative estimate of drug-likeness (QED) is 0.0848. The first-order valence-electron chi connectivity index (χ1n) is 13.7. The molecular formula is C30H40N2O8S2. The summed E-state index contributed by atoms with van der Waals surface area (Å²) in [6.45, 7) is 5.19. The minimum Gasteiger partial charge on any atom is -0.507 e. The van der Waals surface area contributed by atoms with E-state index >= 15 is 0 Å². The summed E-state index contributed by atoms with van der Waals surface area (Å²) in [5.74, 6) is -1.51. The highest BCUT2D eigenvalue weighted by Crippen LogP contribution is 2.39. The van der Waals surface area contributed by atoms with E-state index in [4.69, 9.17) is 15.6 Å². The minimum atomic E-state index is -1.16. The number of ether oxygens (including phenoxy) is 1. The Bertz CT molecular complexity index is 1220. The third kappa shape index (κ3) is 11.2. The fourth-order valence-corrected chi connectivity index (χ4v) is 6.43. The smallest absolute Gasteiger partial charge is 0.322 e. The number of rotatable bonds is 19. The Labute approximate surface area is 254 Å². The fraction of sp³-hybridized carbons (Fsp3) is 0.467. The van der Waals surface area contributed by atoms with Crippen molar-refractivity contribution in [2.75, 3.05) is 24.7 Å². The molecule has 0 aliphatic carbocycles. The number of amides is 1. The van der Waals surface area contributed by atoms with Gasteiger partial charge in [0.15, 0.2) is 5.78 Å². The number of nitrogens with two attached hydrogens (primary N) is 1. The molecule has 0 bridgehead atoms. The van der Waals surface area contributed by atoms with Crippen molar-refractivity contribution >= 4 is 47.2 Å². The number of hydrogen-bond donors (Lipinski definition) is 5. The van der Waals surface area contributed by atoms with Gasteiger partial charge in [-0.2, -0.15) is 11.8 Å². The van der Waals surface area contributed by atoms with Gasteiger partial charge in [-0.3, -0.25) is 19.2 Å². The molecule has 0 fully saturated rings. The van der Waals surface area contributed by atoms with Crippen LogP contribution < -0.4 is 15.8 Å². The lowest BCUT2D eigenvalue weighted by molar-refractivity contribution is -0.138. The van der Waals surface area contributed by atoms with Crippen molar-refractivity contribution in [1.82, 2.24) is 5.32 Å². The van der Waals surface area contributed by atoms with Crippen LogP contribution in [0.25, 0.3) is 0 Å². The standard InChI is InChI=1S/C30H40N2O8S2/c1-4-6-23-25(12-11-22(19(3)33)28(23)38)40-13-5-14-41-21-9-7-20(8-10-21)29(18(2)15-26(34)35)42-17-24(31)30(39)32-16-27(36)37/h7-12,18,24,29,38H,4-6,13-17,31H2,1-3H3,(H,32,39)(H,34,35)(H,36,37)/t18?,24-,29?/m0/s1. The molecule has 2 rings (SSSR count). The summed E-state index contributed by atoms with van der Waals surface area (Å²) in [5, 5.41) is 30.6. The maximum atomic E-state index is 12.1. The Morgan fingerprint density at radius 2 is 1.74 bits per heavy atom. The van der Waals surface area contributed by atoms with Gasteiger partial charge in [0.2, 0.25) is 5.91 Å². The van der Waals surface area contributed by atoms with Crippen molar-refractivity contribution < 1.29 is 39.2 Å². The normalized spacial score (nSPS) is 13.1. The number of ketones is 1. The van der Waals surface area contributed by atoms with Gasteiger partial charge in [0.05, 0.1) is 18.2 Å². The van der Waals surface area contributed by atoms with Crippen molar-refractivity contribution in [3.63, 3.8) is 0 Å². The predicted molar refractivity (Wildman–Crippen MR) is 165 cm³/mol. The number of aliphatic carboxylic acids is 2. The molecule has 3 atom stereocenters. The van der Waals surface area contributed by atoms with E-state index in [0.29, 0.717) is 29.9 Å². The first kappa shape index (κ1) is 35.0. The number of nitrogens with one attached hydrogen (secondary N) is 1. The molecule has 2 aromatic carbocycles. The highest BCUT2D eigenvalue weighted by molar-refractivity contribution is 7.99. The number of phenolic OH excluding ortho intramolecular Hbond substituents is 1. The molecule has 0 spiro atoms. The Hall–Kier alpha value is -3.22. The van der Waals surface area contributed by atoms with E-state index in [1.165, 1.54) is 18.7 Å². The second kappa shape index (κ2) is 17.7. The lowest BCUT2D eigenvalue weighted by Crippen LogP contribution is -2.44. The van der Waals surface area contributed by atoms with Gasteiger partial charge in [0.1, 0.15) is 18.0 Å². The van der Waals surface area contributed by atoms with Gasteiger partial charge in [0, 0.05) is 33.6 Å². The average molecular weight is 621 g/mol. The lowest BCUT2D eigenvalue weighted by Gasteiger charge is -2.24. The molecule has 0 heterocycles. The maximum absolute atomic E-state index is 12.1. The third-order valence-electron chi connectivity index (χ3n) is 6.36.